The second kappa shape index (κ2) is 6.66. The number of ether oxygens (including phenoxy) is 1. The number of aliphatic hydroxyl groups is 1. The number of hydrogen-bond acceptors (Lipinski definition) is 6. The van der Waals surface area contributed by atoms with Crippen molar-refractivity contribution in [1.29, 1.82) is 0 Å². The molecule has 23 heavy (non-hydrogen) atoms. The summed E-state index contributed by atoms with van der Waals surface area (Å²) in [5.74, 6) is -1.29. The number of hydrogen-bond donors (Lipinski definition) is 1. The van der Waals surface area contributed by atoms with Crippen LogP contribution in [0.15, 0.2) is 46.4 Å². The maximum absolute atomic E-state index is 12.8. The molecule has 0 fully saturated rings. The van der Waals surface area contributed by atoms with E-state index in [-0.39, 0.29) is 11.4 Å². The molecule has 5 nitrogen and oxygen atoms in total. The fraction of sp³-hybridized carbons (Fsp3) is 0.250. The van der Waals surface area contributed by atoms with Crippen LogP contribution in [-0.4, -0.2) is 42.0 Å². The van der Waals surface area contributed by atoms with Gasteiger partial charge in [0.1, 0.15) is 0 Å². The van der Waals surface area contributed by atoms with E-state index in [9.17, 15) is 14.7 Å². The zero-order valence-electron chi connectivity index (χ0n) is 12.4. The quantitative estimate of drug-likeness (QED) is 0.814. The number of thiophene rings is 2. The highest BCUT2D eigenvalue weighted by atomic mass is 32.1. The minimum atomic E-state index is -0.563. The molecule has 0 aromatic carbocycles. The predicted molar refractivity (Wildman–Crippen MR) is 89.0 cm³/mol. The van der Waals surface area contributed by atoms with E-state index in [4.69, 9.17) is 4.74 Å². The van der Waals surface area contributed by atoms with Crippen LogP contribution >= 0.6 is 22.7 Å². The molecule has 2 aromatic heterocycles. The Morgan fingerprint density at radius 1 is 1.30 bits per heavy atom. The molecule has 0 saturated carbocycles. The van der Waals surface area contributed by atoms with Crippen molar-refractivity contribution in [2.45, 2.75) is 6.04 Å². The zero-order chi connectivity index (χ0) is 16.4. The molecule has 1 aliphatic heterocycles. The van der Waals surface area contributed by atoms with Crippen LogP contribution in [-0.2, 0) is 9.53 Å². The predicted octanol–water partition coefficient (Wildman–Crippen LogP) is 3.03. The third kappa shape index (κ3) is 2.83. The lowest BCUT2D eigenvalue weighted by molar-refractivity contribution is -0.130. The van der Waals surface area contributed by atoms with Gasteiger partial charge >= 0.3 is 0 Å². The van der Waals surface area contributed by atoms with E-state index in [2.05, 4.69) is 0 Å². The summed E-state index contributed by atoms with van der Waals surface area (Å²) in [6.45, 7) is 0.643. The van der Waals surface area contributed by atoms with Crippen molar-refractivity contribution in [1.82, 2.24) is 4.90 Å². The molecule has 1 atom stereocenters. The summed E-state index contributed by atoms with van der Waals surface area (Å²) < 4.78 is 5.05. The van der Waals surface area contributed by atoms with Gasteiger partial charge in [-0.3, -0.25) is 9.59 Å². The molecule has 2 aromatic rings. The molecule has 0 spiro atoms. The van der Waals surface area contributed by atoms with E-state index in [0.717, 1.165) is 4.88 Å². The Morgan fingerprint density at radius 2 is 2.04 bits per heavy atom. The van der Waals surface area contributed by atoms with Crippen LogP contribution in [0.25, 0.3) is 0 Å². The van der Waals surface area contributed by atoms with Gasteiger partial charge in [-0.25, -0.2) is 0 Å². The summed E-state index contributed by atoms with van der Waals surface area (Å²) in [6, 6.07) is 6.63. The number of aliphatic hydroxyl groups excluding tert-OH is 1. The van der Waals surface area contributed by atoms with E-state index in [0.29, 0.717) is 18.0 Å². The van der Waals surface area contributed by atoms with Crippen LogP contribution in [0.5, 0.6) is 0 Å². The Labute approximate surface area is 141 Å². The molecular formula is C16H15NO4S2. The highest BCUT2D eigenvalue weighted by Gasteiger charge is 2.44. The summed E-state index contributed by atoms with van der Waals surface area (Å²) in [7, 11) is 1.55. The first-order valence-electron chi connectivity index (χ1n) is 6.99. The lowest BCUT2D eigenvalue weighted by Gasteiger charge is -2.25. The van der Waals surface area contributed by atoms with Crippen molar-refractivity contribution in [3.05, 3.63) is 56.1 Å². The van der Waals surface area contributed by atoms with E-state index in [1.54, 1.807) is 24.6 Å². The van der Waals surface area contributed by atoms with Crippen LogP contribution in [0.4, 0.5) is 0 Å². The molecule has 7 heteroatoms. The summed E-state index contributed by atoms with van der Waals surface area (Å²) >= 11 is 2.74. The smallest absolute Gasteiger partial charge is 0.290 e. The van der Waals surface area contributed by atoms with Crippen LogP contribution in [0.3, 0.4) is 0 Å². The number of methoxy groups -OCH3 is 1. The second-order valence-electron chi connectivity index (χ2n) is 4.98. The number of carbonyl (C=O) groups excluding carboxylic acids is 2. The minimum absolute atomic E-state index is 0.149. The number of nitrogens with zero attached hydrogens (tertiary/aromatic N) is 1. The molecule has 0 aliphatic carbocycles. The average molecular weight is 349 g/mol. The van der Waals surface area contributed by atoms with Crippen molar-refractivity contribution in [3.63, 3.8) is 0 Å². The van der Waals surface area contributed by atoms with Crippen LogP contribution in [0.1, 0.15) is 20.6 Å². The van der Waals surface area contributed by atoms with Crippen LogP contribution in [0.2, 0.25) is 0 Å². The molecule has 0 saturated heterocycles. The van der Waals surface area contributed by atoms with Gasteiger partial charge in [-0.05, 0) is 22.9 Å². The van der Waals surface area contributed by atoms with Gasteiger partial charge in [0.05, 0.1) is 23.1 Å². The van der Waals surface area contributed by atoms with Crippen molar-refractivity contribution in [2.75, 3.05) is 20.3 Å². The lowest BCUT2D eigenvalue weighted by atomic mass is 10.0. The second-order valence-corrected chi connectivity index (χ2v) is 6.90. The maximum Gasteiger partial charge on any atom is 0.290 e. The normalized spacial score (nSPS) is 18.0. The standard InChI is InChI=1S/C16H15NO4S2/c1-21-7-6-17-13(10-4-2-8-22-10)12(15(19)16(17)20)14(18)11-5-3-9-23-11/h2-5,8-9,13,19H,6-7H2,1H3. The van der Waals surface area contributed by atoms with Gasteiger partial charge in [-0.1, -0.05) is 12.1 Å². The highest BCUT2D eigenvalue weighted by molar-refractivity contribution is 7.12. The monoisotopic (exact) mass is 349 g/mol. The Balaban J connectivity index is 2.03. The Kier molecular flexibility index (Phi) is 4.61. The third-order valence-electron chi connectivity index (χ3n) is 3.64. The molecule has 120 valence electrons. The van der Waals surface area contributed by atoms with E-state index >= 15 is 0 Å². The van der Waals surface area contributed by atoms with Gasteiger partial charge in [0.25, 0.3) is 5.91 Å². The molecule has 3 rings (SSSR count). The maximum atomic E-state index is 12.8. The van der Waals surface area contributed by atoms with Crippen LogP contribution in [0, 0.1) is 0 Å². The lowest BCUT2D eigenvalue weighted by Crippen LogP contribution is -2.33. The highest BCUT2D eigenvalue weighted by Crippen LogP contribution is 2.40. The van der Waals surface area contributed by atoms with Crippen molar-refractivity contribution < 1.29 is 19.4 Å². The van der Waals surface area contributed by atoms with Gasteiger partial charge in [0, 0.05) is 18.5 Å². The van der Waals surface area contributed by atoms with E-state index in [1.165, 1.54) is 27.6 Å². The van der Waals surface area contributed by atoms with Crippen LogP contribution < -0.4 is 0 Å². The van der Waals surface area contributed by atoms with Gasteiger partial charge < -0.3 is 14.7 Å². The molecule has 1 amide bonds. The number of carbonyl (C=O) groups is 2. The number of amides is 1. The van der Waals surface area contributed by atoms with Crippen molar-refractivity contribution >= 4 is 34.4 Å². The largest absolute Gasteiger partial charge is 0.503 e. The van der Waals surface area contributed by atoms with Gasteiger partial charge in [-0.15, -0.1) is 22.7 Å². The molecule has 1 aliphatic rings. The Morgan fingerprint density at radius 3 is 2.65 bits per heavy atom. The molecular weight excluding hydrogens is 334 g/mol. The van der Waals surface area contributed by atoms with Crippen molar-refractivity contribution in [2.24, 2.45) is 0 Å². The summed E-state index contributed by atoms with van der Waals surface area (Å²) in [4.78, 5) is 28.0. The zero-order valence-corrected chi connectivity index (χ0v) is 14.0. The first-order valence-corrected chi connectivity index (χ1v) is 8.75. The molecule has 1 N–H and O–H groups in total. The number of ketones is 1. The molecule has 0 radical (unpaired) electrons. The SMILES string of the molecule is COCCN1C(=O)C(O)=C(C(=O)c2cccs2)C1c1cccs1. The van der Waals surface area contributed by atoms with Gasteiger partial charge in [-0.2, -0.15) is 0 Å². The minimum Gasteiger partial charge on any atom is -0.503 e. The fourth-order valence-corrected chi connectivity index (χ4v) is 4.11. The van der Waals surface area contributed by atoms with Gasteiger partial charge in [0.2, 0.25) is 5.78 Å². The van der Waals surface area contributed by atoms with Crippen molar-refractivity contribution in [3.8, 4) is 0 Å². The molecule has 0 bridgehead atoms. The fourth-order valence-electron chi connectivity index (χ4n) is 2.59. The Bertz CT molecular complexity index is 734. The van der Waals surface area contributed by atoms with E-state index < -0.39 is 17.7 Å². The Hall–Kier alpha value is -1.96. The topological polar surface area (TPSA) is 66.8 Å². The third-order valence-corrected chi connectivity index (χ3v) is 5.44. The number of Topliss-reactive ketones (excluding diaryl/α,β-unsaturated/α-hetero) is 1. The summed E-state index contributed by atoms with van der Waals surface area (Å²) in [5.41, 5.74) is 0.149. The molecule has 1 unspecified atom stereocenters. The first-order chi connectivity index (χ1) is 11.1. The number of rotatable bonds is 6. The van der Waals surface area contributed by atoms with E-state index in [1.807, 2.05) is 17.5 Å². The van der Waals surface area contributed by atoms with Gasteiger partial charge in [0.15, 0.2) is 5.76 Å². The summed E-state index contributed by atoms with van der Waals surface area (Å²) in [5, 5.41) is 14.0. The molecule has 3 heterocycles. The average Bonchev–Trinajstić information content (AvgIpc) is 3.28. The summed E-state index contributed by atoms with van der Waals surface area (Å²) in [6.07, 6.45) is 0. The first kappa shape index (κ1) is 15.9.